The van der Waals surface area contributed by atoms with Gasteiger partial charge >= 0.3 is 5.97 Å². The van der Waals surface area contributed by atoms with Crippen LogP contribution in [0.4, 0.5) is 0 Å². The van der Waals surface area contributed by atoms with E-state index in [9.17, 15) is 4.79 Å². The van der Waals surface area contributed by atoms with Crippen molar-refractivity contribution in [2.45, 2.75) is 26.2 Å². The SMILES string of the molecule is COc1ccc(C2CC2C(OC(=O)c2ccccc2)=C(C)C)cc1. The van der Waals surface area contributed by atoms with Crippen LogP contribution < -0.4 is 4.74 Å². The van der Waals surface area contributed by atoms with Gasteiger partial charge in [-0.25, -0.2) is 4.79 Å². The molecule has 3 heteroatoms. The van der Waals surface area contributed by atoms with Crippen molar-refractivity contribution in [1.29, 1.82) is 0 Å². The van der Waals surface area contributed by atoms with E-state index in [1.807, 2.05) is 44.2 Å². The number of carbonyl (C=O) groups excluding carboxylic acids is 1. The van der Waals surface area contributed by atoms with Crippen molar-refractivity contribution in [2.75, 3.05) is 7.11 Å². The number of ether oxygens (including phenoxy) is 2. The van der Waals surface area contributed by atoms with Crippen molar-refractivity contribution in [2.24, 2.45) is 5.92 Å². The third-order valence-electron chi connectivity index (χ3n) is 4.38. The molecule has 1 fully saturated rings. The molecule has 0 spiro atoms. The summed E-state index contributed by atoms with van der Waals surface area (Å²) in [6, 6.07) is 17.3. The molecule has 1 saturated carbocycles. The third-order valence-corrected chi connectivity index (χ3v) is 4.38. The lowest BCUT2D eigenvalue weighted by atomic mass is 10.1. The van der Waals surface area contributed by atoms with Crippen LogP contribution in [0.25, 0.3) is 0 Å². The highest BCUT2D eigenvalue weighted by molar-refractivity contribution is 5.90. The lowest BCUT2D eigenvalue weighted by molar-refractivity contribution is 0.0602. The van der Waals surface area contributed by atoms with Crippen LogP contribution >= 0.6 is 0 Å². The Hall–Kier alpha value is -2.55. The lowest BCUT2D eigenvalue weighted by Gasteiger charge is -2.11. The molecular formula is C21H22O3. The Morgan fingerprint density at radius 3 is 2.25 bits per heavy atom. The molecule has 0 aliphatic heterocycles. The number of rotatable bonds is 5. The van der Waals surface area contributed by atoms with Crippen LogP contribution in [0.2, 0.25) is 0 Å². The molecule has 124 valence electrons. The minimum atomic E-state index is -0.285. The number of carbonyl (C=O) groups is 1. The van der Waals surface area contributed by atoms with Crippen LogP contribution in [0, 0.1) is 5.92 Å². The molecule has 2 atom stereocenters. The van der Waals surface area contributed by atoms with Crippen LogP contribution in [0.15, 0.2) is 65.9 Å². The summed E-state index contributed by atoms with van der Waals surface area (Å²) in [6.45, 7) is 3.99. The molecule has 2 unspecified atom stereocenters. The monoisotopic (exact) mass is 322 g/mol. The van der Waals surface area contributed by atoms with Gasteiger partial charge in [0.2, 0.25) is 0 Å². The van der Waals surface area contributed by atoms with Crippen molar-refractivity contribution in [3.8, 4) is 5.75 Å². The molecular weight excluding hydrogens is 300 g/mol. The van der Waals surface area contributed by atoms with Gasteiger partial charge in [-0.15, -0.1) is 0 Å². The van der Waals surface area contributed by atoms with E-state index in [-0.39, 0.29) is 11.9 Å². The molecule has 0 heterocycles. The normalized spacial score (nSPS) is 18.6. The number of allylic oxidation sites excluding steroid dienone is 2. The van der Waals surface area contributed by atoms with E-state index in [4.69, 9.17) is 9.47 Å². The quantitative estimate of drug-likeness (QED) is 0.577. The van der Waals surface area contributed by atoms with Gasteiger partial charge in [-0.1, -0.05) is 30.3 Å². The number of hydrogen-bond donors (Lipinski definition) is 0. The van der Waals surface area contributed by atoms with E-state index in [2.05, 4.69) is 12.1 Å². The molecule has 0 saturated heterocycles. The largest absolute Gasteiger partial charge is 0.497 e. The molecule has 0 amide bonds. The van der Waals surface area contributed by atoms with Gasteiger partial charge in [-0.2, -0.15) is 0 Å². The zero-order valence-electron chi connectivity index (χ0n) is 14.3. The highest BCUT2D eigenvalue weighted by Crippen LogP contribution is 2.53. The molecule has 24 heavy (non-hydrogen) atoms. The number of methoxy groups -OCH3 is 1. The first-order chi connectivity index (χ1) is 11.6. The molecule has 2 aromatic carbocycles. The average molecular weight is 322 g/mol. The topological polar surface area (TPSA) is 35.5 Å². The summed E-state index contributed by atoms with van der Waals surface area (Å²) in [4.78, 5) is 12.3. The average Bonchev–Trinajstić information content (AvgIpc) is 3.40. The predicted molar refractivity (Wildman–Crippen MR) is 94.1 cm³/mol. The molecule has 1 aliphatic carbocycles. The third kappa shape index (κ3) is 3.51. The molecule has 3 nitrogen and oxygen atoms in total. The van der Waals surface area contributed by atoms with Crippen LogP contribution in [0.5, 0.6) is 5.75 Å². The molecule has 2 aromatic rings. The van der Waals surface area contributed by atoms with Crippen LogP contribution in [-0.4, -0.2) is 13.1 Å². The molecule has 0 bridgehead atoms. The van der Waals surface area contributed by atoms with Gasteiger partial charge in [0, 0.05) is 5.92 Å². The van der Waals surface area contributed by atoms with E-state index in [0.29, 0.717) is 11.5 Å². The fourth-order valence-electron chi connectivity index (χ4n) is 2.99. The van der Waals surface area contributed by atoms with Crippen LogP contribution in [-0.2, 0) is 4.74 Å². The Morgan fingerprint density at radius 1 is 1.00 bits per heavy atom. The first-order valence-electron chi connectivity index (χ1n) is 8.18. The second-order valence-corrected chi connectivity index (χ2v) is 6.34. The van der Waals surface area contributed by atoms with Gasteiger partial charge in [0.05, 0.1) is 12.7 Å². The first kappa shape index (κ1) is 16.3. The summed E-state index contributed by atoms with van der Waals surface area (Å²) in [5.41, 5.74) is 2.90. The zero-order chi connectivity index (χ0) is 17.1. The molecule has 0 aromatic heterocycles. The van der Waals surface area contributed by atoms with E-state index < -0.39 is 0 Å². The summed E-state index contributed by atoms with van der Waals surface area (Å²) >= 11 is 0. The van der Waals surface area contributed by atoms with E-state index >= 15 is 0 Å². The Balaban J connectivity index is 1.72. The summed E-state index contributed by atoms with van der Waals surface area (Å²) < 4.78 is 10.9. The molecule has 0 N–H and O–H groups in total. The van der Waals surface area contributed by atoms with Gasteiger partial charge < -0.3 is 9.47 Å². The van der Waals surface area contributed by atoms with Crippen LogP contribution in [0.1, 0.15) is 42.1 Å². The van der Waals surface area contributed by atoms with Crippen molar-refractivity contribution < 1.29 is 14.3 Å². The van der Waals surface area contributed by atoms with E-state index in [1.165, 1.54) is 5.56 Å². The number of esters is 1. The zero-order valence-corrected chi connectivity index (χ0v) is 14.3. The van der Waals surface area contributed by atoms with E-state index in [1.54, 1.807) is 19.2 Å². The number of hydrogen-bond acceptors (Lipinski definition) is 3. The molecule has 0 radical (unpaired) electrons. The fourth-order valence-corrected chi connectivity index (χ4v) is 2.99. The van der Waals surface area contributed by atoms with Crippen molar-refractivity contribution in [3.05, 3.63) is 77.1 Å². The Morgan fingerprint density at radius 2 is 1.67 bits per heavy atom. The van der Waals surface area contributed by atoms with Crippen molar-refractivity contribution in [3.63, 3.8) is 0 Å². The minimum Gasteiger partial charge on any atom is -0.497 e. The summed E-state index contributed by atoms with van der Waals surface area (Å²) in [6.07, 6.45) is 1.01. The Bertz CT molecular complexity index is 740. The maximum atomic E-state index is 12.3. The maximum Gasteiger partial charge on any atom is 0.343 e. The summed E-state index contributed by atoms with van der Waals surface area (Å²) in [7, 11) is 1.67. The van der Waals surface area contributed by atoms with Gasteiger partial charge in [-0.3, -0.25) is 0 Å². The Labute approximate surface area is 142 Å². The first-order valence-corrected chi connectivity index (χ1v) is 8.18. The minimum absolute atomic E-state index is 0.274. The van der Waals surface area contributed by atoms with Crippen LogP contribution in [0.3, 0.4) is 0 Å². The van der Waals surface area contributed by atoms with Gasteiger partial charge in [-0.05, 0) is 61.6 Å². The highest BCUT2D eigenvalue weighted by atomic mass is 16.5. The van der Waals surface area contributed by atoms with Crippen molar-refractivity contribution in [1.82, 2.24) is 0 Å². The van der Waals surface area contributed by atoms with Gasteiger partial charge in [0.15, 0.2) is 0 Å². The summed E-state index contributed by atoms with van der Waals surface area (Å²) in [5, 5.41) is 0. The second-order valence-electron chi connectivity index (χ2n) is 6.34. The number of benzene rings is 2. The molecule has 3 rings (SSSR count). The standard InChI is InChI=1S/C21H22O3/c1-14(2)20(24-21(22)16-7-5-4-6-8-16)19-13-18(19)15-9-11-17(23-3)12-10-15/h4-12,18-19H,13H2,1-3H3. The Kier molecular flexibility index (Phi) is 4.70. The smallest absolute Gasteiger partial charge is 0.343 e. The van der Waals surface area contributed by atoms with Crippen molar-refractivity contribution >= 4 is 5.97 Å². The van der Waals surface area contributed by atoms with Gasteiger partial charge in [0.1, 0.15) is 11.5 Å². The van der Waals surface area contributed by atoms with Gasteiger partial charge in [0.25, 0.3) is 0 Å². The summed E-state index contributed by atoms with van der Waals surface area (Å²) in [5.74, 6) is 2.06. The lowest BCUT2D eigenvalue weighted by Crippen LogP contribution is -2.08. The maximum absolute atomic E-state index is 12.3. The second kappa shape index (κ2) is 6.91. The predicted octanol–water partition coefficient (Wildman–Crippen LogP) is 4.95. The van der Waals surface area contributed by atoms with E-state index in [0.717, 1.165) is 23.5 Å². The highest BCUT2D eigenvalue weighted by Gasteiger charge is 2.43. The molecule has 1 aliphatic rings. The fraction of sp³-hybridized carbons (Fsp3) is 0.286.